The molecule has 0 spiro atoms. The Bertz CT molecular complexity index is 631. The van der Waals surface area contributed by atoms with E-state index in [1.165, 1.54) is 6.07 Å². The first-order chi connectivity index (χ1) is 11.6. The van der Waals surface area contributed by atoms with E-state index in [9.17, 15) is 18.7 Å². The number of aliphatic hydroxyl groups is 1. The average Bonchev–Trinajstić information content (AvgIpc) is 2.50. The van der Waals surface area contributed by atoms with Gasteiger partial charge in [0.25, 0.3) is 5.91 Å². The average molecular weight is 396 g/mol. The molecule has 2 rings (SSSR count). The monoisotopic (exact) mass is 395 g/mol. The van der Waals surface area contributed by atoms with Gasteiger partial charge in [0.15, 0.2) is 0 Å². The van der Waals surface area contributed by atoms with Crippen LogP contribution < -0.4 is 10.2 Å². The van der Waals surface area contributed by atoms with Crippen LogP contribution in [0.25, 0.3) is 0 Å². The summed E-state index contributed by atoms with van der Waals surface area (Å²) in [5.41, 5.74) is -0.0377. The Kier molecular flexibility index (Phi) is 6.48. The molecule has 0 atom stereocenters. The molecule has 1 aromatic rings. The number of benzene rings is 1. The molecular formula is C16H21Cl2F2N3O2. The van der Waals surface area contributed by atoms with Crippen molar-refractivity contribution < 1.29 is 18.7 Å². The van der Waals surface area contributed by atoms with Gasteiger partial charge in [-0.05, 0) is 26.0 Å². The lowest BCUT2D eigenvalue weighted by atomic mass is 10.1. The molecule has 1 heterocycles. The fraction of sp³-hybridized carbons (Fsp3) is 0.562. The summed E-state index contributed by atoms with van der Waals surface area (Å²) < 4.78 is 25.1. The van der Waals surface area contributed by atoms with E-state index in [1.54, 1.807) is 19.9 Å². The summed E-state index contributed by atoms with van der Waals surface area (Å²) in [4.78, 5) is 15.4. The predicted octanol–water partition coefficient (Wildman–Crippen LogP) is 3.09. The van der Waals surface area contributed by atoms with Crippen molar-refractivity contribution in [3.8, 4) is 0 Å². The van der Waals surface area contributed by atoms with Gasteiger partial charge in [-0.3, -0.25) is 9.69 Å². The van der Waals surface area contributed by atoms with E-state index in [2.05, 4.69) is 10.2 Å². The van der Waals surface area contributed by atoms with Gasteiger partial charge in [0, 0.05) is 32.7 Å². The minimum atomic E-state index is -3.12. The number of carbonyl (C=O) groups is 1. The minimum Gasteiger partial charge on any atom is -0.389 e. The molecule has 140 valence electrons. The third-order valence-electron chi connectivity index (χ3n) is 3.82. The predicted molar refractivity (Wildman–Crippen MR) is 96.0 cm³/mol. The van der Waals surface area contributed by atoms with Gasteiger partial charge < -0.3 is 15.3 Å². The van der Waals surface area contributed by atoms with Gasteiger partial charge in [0.1, 0.15) is 0 Å². The summed E-state index contributed by atoms with van der Waals surface area (Å²) in [5, 5.41) is 12.6. The normalized spacial score (nSPS) is 16.4. The standard InChI is InChI=1S/C16H21Cl2F2N3O2/c1-16(2,25)9-22-3-5-23(6-4-22)13-8-11(18)10(17)7-12(13)21-15(24)14(19)20/h7-8,14,25H,3-6,9H2,1-2H3,(H,21,24). The molecular weight excluding hydrogens is 375 g/mol. The maximum atomic E-state index is 12.6. The van der Waals surface area contributed by atoms with Gasteiger partial charge in [0.2, 0.25) is 0 Å². The van der Waals surface area contributed by atoms with E-state index >= 15 is 0 Å². The topological polar surface area (TPSA) is 55.8 Å². The highest BCUT2D eigenvalue weighted by Gasteiger charge is 2.25. The molecule has 0 saturated carbocycles. The van der Waals surface area contributed by atoms with Crippen molar-refractivity contribution in [3.05, 3.63) is 22.2 Å². The van der Waals surface area contributed by atoms with Gasteiger partial charge in [-0.2, -0.15) is 8.78 Å². The zero-order valence-electron chi connectivity index (χ0n) is 14.0. The molecule has 0 aliphatic carbocycles. The highest BCUT2D eigenvalue weighted by molar-refractivity contribution is 6.42. The third-order valence-corrected chi connectivity index (χ3v) is 4.54. The molecule has 1 amide bonds. The van der Waals surface area contributed by atoms with E-state index in [4.69, 9.17) is 23.2 Å². The molecule has 2 N–H and O–H groups in total. The fourth-order valence-corrected chi connectivity index (χ4v) is 3.10. The summed E-state index contributed by atoms with van der Waals surface area (Å²) in [5.74, 6) is -1.39. The maximum absolute atomic E-state index is 12.6. The first kappa shape index (κ1) is 20.2. The molecule has 0 radical (unpaired) electrons. The van der Waals surface area contributed by atoms with Crippen molar-refractivity contribution in [1.82, 2.24) is 4.90 Å². The lowest BCUT2D eigenvalue weighted by Crippen LogP contribution is -2.50. The van der Waals surface area contributed by atoms with Gasteiger partial charge >= 0.3 is 6.43 Å². The number of nitrogens with zero attached hydrogens (tertiary/aromatic N) is 2. The van der Waals surface area contributed by atoms with Crippen molar-refractivity contribution in [2.75, 3.05) is 42.9 Å². The van der Waals surface area contributed by atoms with Gasteiger partial charge in [-0.1, -0.05) is 23.2 Å². The van der Waals surface area contributed by atoms with Crippen LogP contribution in [0.1, 0.15) is 13.8 Å². The van der Waals surface area contributed by atoms with E-state index in [0.717, 1.165) is 0 Å². The Morgan fingerprint density at radius 2 is 1.80 bits per heavy atom. The van der Waals surface area contributed by atoms with Crippen LogP contribution in [0, 0.1) is 0 Å². The highest BCUT2D eigenvalue weighted by Crippen LogP contribution is 2.35. The number of nitrogens with one attached hydrogen (secondary N) is 1. The summed E-state index contributed by atoms with van der Waals surface area (Å²) in [7, 11) is 0. The van der Waals surface area contributed by atoms with Crippen molar-refractivity contribution in [1.29, 1.82) is 0 Å². The fourth-order valence-electron chi connectivity index (χ4n) is 2.78. The smallest absolute Gasteiger partial charge is 0.315 e. The molecule has 0 aromatic heterocycles. The first-order valence-corrected chi connectivity index (χ1v) is 8.60. The number of amides is 1. The number of hydrogen-bond acceptors (Lipinski definition) is 4. The van der Waals surface area contributed by atoms with Crippen LogP contribution in [-0.4, -0.2) is 60.7 Å². The van der Waals surface area contributed by atoms with Crippen LogP contribution in [0.15, 0.2) is 12.1 Å². The van der Waals surface area contributed by atoms with E-state index in [1.807, 2.05) is 4.90 Å². The van der Waals surface area contributed by atoms with Gasteiger partial charge in [0.05, 0.1) is 27.0 Å². The lowest BCUT2D eigenvalue weighted by Gasteiger charge is -2.39. The number of carbonyl (C=O) groups excluding carboxylic acids is 1. The van der Waals surface area contributed by atoms with Crippen LogP contribution in [0.5, 0.6) is 0 Å². The van der Waals surface area contributed by atoms with Crippen LogP contribution in [0.3, 0.4) is 0 Å². The van der Waals surface area contributed by atoms with E-state index < -0.39 is 17.9 Å². The van der Waals surface area contributed by atoms with Crippen LogP contribution in [-0.2, 0) is 4.79 Å². The molecule has 1 aliphatic heterocycles. The Hall–Kier alpha value is -1.15. The lowest BCUT2D eigenvalue weighted by molar-refractivity contribution is -0.126. The van der Waals surface area contributed by atoms with Crippen molar-refractivity contribution >= 4 is 40.5 Å². The van der Waals surface area contributed by atoms with Crippen molar-refractivity contribution in [2.24, 2.45) is 0 Å². The molecule has 0 bridgehead atoms. The number of β-amino-alcohol motifs (C(OH)–C–C–N with tert-alkyl or cyclic N) is 1. The van der Waals surface area contributed by atoms with Crippen LogP contribution in [0.2, 0.25) is 10.0 Å². The highest BCUT2D eigenvalue weighted by atomic mass is 35.5. The van der Waals surface area contributed by atoms with Gasteiger partial charge in [-0.15, -0.1) is 0 Å². The molecule has 5 nitrogen and oxygen atoms in total. The molecule has 1 fully saturated rings. The zero-order chi connectivity index (χ0) is 18.8. The summed E-state index contributed by atoms with van der Waals surface area (Å²) in [6, 6.07) is 2.94. The Morgan fingerprint density at radius 1 is 1.24 bits per heavy atom. The summed E-state index contributed by atoms with van der Waals surface area (Å²) in [6.07, 6.45) is -3.12. The largest absolute Gasteiger partial charge is 0.389 e. The van der Waals surface area contributed by atoms with E-state index in [0.29, 0.717) is 38.4 Å². The SMILES string of the molecule is CC(C)(O)CN1CCN(c2cc(Cl)c(Cl)cc2NC(=O)C(F)F)CC1. The number of piperazine rings is 1. The number of alkyl halides is 2. The molecule has 1 aromatic carbocycles. The number of rotatable bonds is 5. The van der Waals surface area contributed by atoms with Crippen molar-refractivity contribution in [3.63, 3.8) is 0 Å². The zero-order valence-corrected chi connectivity index (χ0v) is 15.5. The minimum absolute atomic E-state index is 0.177. The summed E-state index contributed by atoms with van der Waals surface area (Å²) >= 11 is 12.0. The Labute approximate surface area is 155 Å². The maximum Gasteiger partial charge on any atom is 0.315 e. The molecule has 1 saturated heterocycles. The third kappa shape index (κ3) is 5.67. The van der Waals surface area contributed by atoms with Crippen LogP contribution >= 0.6 is 23.2 Å². The number of anilines is 2. The summed E-state index contributed by atoms with van der Waals surface area (Å²) in [6.45, 7) is 6.61. The van der Waals surface area contributed by atoms with Crippen molar-refractivity contribution in [2.45, 2.75) is 25.9 Å². The van der Waals surface area contributed by atoms with E-state index in [-0.39, 0.29) is 15.7 Å². The second-order valence-corrected chi connectivity index (χ2v) is 7.46. The second-order valence-electron chi connectivity index (χ2n) is 6.65. The molecule has 25 heavy (non-hydrogen) atoms. The molecule has 9 heteroatoms. The quantitative estimate of drug-likeness (QED) is 0.804. The van der Waals surface area contributed by atoms with Gasteiger partial charge in [-0.25, -0.2) is 0 Å². The molecule has 0 unspecified atom stereocenters. The van der Waals surface area contributed by atoms with Crippen LogP contribution in [0.4, 0.5) is 20.2 Å². The Balaban J connectivity index is 2.16. The Morgan fingerprint density at radius 3 is 2.32 bits per heavy atom. The molecule has 1 aliphatic rings. The number of hydrogen-bond donors (Lipinski definition) is 2. The number of halogens is 4. The first-order valence-electron chi connectivity index (χ1n) is 7.84. The second kappa shape index (κ2) is 8.03.